The van der Waals surface area contributed by atoms with Crippen molar-refractivity contribution < 1.29 is 4.79 Å². The summed E-state index contributed by atoms with van der Waals surface area (Å²) in [5.74, 6) is 1.70. The van der Waals surface area contributed by atoms with Crippen molar-refractivity contribution in [1.82, 2.24) is 24.7 Å². The van der Waals surface area contributed by atoms with Gasteiger partial charge in [0.1, 0.15) is 24.5 Å². The van der Waals surface area contributed by atoms with Crippen LogP contribution in [0.5, 0.6) is 0 Å². The summed E-state index contributed by atoms with van der Waals surface area (Å²) in [5, 5.41) is 8.31. The molecule has 168 valence electrons. The Morgan fingerprint density at radius 1 is 0.939 bits per heavy atom. The summed E-state index contributed by atoms with van der Waals surface area (Å²) in [4.78, 5) is 30.7. The Morgan fingerprint density at radius 2 is 1.70 bits per heavy atom. The van der Waals surface area contributed by atoms with Crippen LogP contribution in [0.25, 0.3) is 11.0 Å². The molecule has 1 N–H and O–H groups in total. The van der Waals surface area contributed by atoms with Gasteiger partial charge in [-0.2, -0.15) is 5.10 Å². The van der Waals surface area contributed by atoms with Gasteiger partial charge >= 0.3 is 0 Å². The molecule has 1 aromatic carbocycles. The fourth-order valence-corrected chi connectivity index (χ4v) is 4.26. The van der Waals surface area contributed by atoms with E-state index in [-0.39, 0.29) is 12.5 Å². The molecule has 5 rings (SSSR count). The topological polar surface area (TPSA) is 92.1 Å². The first-order chi connectivity index (χ1) is 16.1. The predicted molar refractivity (Wildman–Crippen MR) is 129 cm³/mol. The SMILES string of the molecule is Cc1cccc(C)c1NC(=O)Cn1ncc2c(N3CCN(c4ccccn4)CC3)ncnc21. The predicted octanol–water partition coefficient (Wildman–Crippen LogP) is 2.80. The van der Waals surface area contributed by atoms with Gasteiger partial charge in [-0.1, -0.05) is 24.3 Å². The van der Waals surface area contributed by atoms with Crippen molar-refractivity contribution in [2.75, 3.05) is 41.3 Å². The minimum atomic E-state index is -0.137. The zero-order valence-corrected chi connectivity index (χ0v) is 18.8. The molecule has 1 fully saturated rings. The number of benzene rings is 1. The Bertz CT molecular complexity index is 1260. The van der Waals surface area contributed by atoms with Crippen molar-refractivity contribution in [3.63, 3.8) is 0 Å². The third-order valence-electron chi connectivity index (χ3n) is 6.00. The average Bonchev–Trinajstić information content (AvgIpc) is 3.25. The van der Waals surface area contributed by atoms with Crippen LogP contribution in [0, 0.1) is 13.8 Å². The Labute approximate surface area is 192 Å². The molecule has 0 aliphatic carbocycles. The lowest BCUT2D eigenvalue weighted by atomic mass is 10.1. The maximum atomic E-state index is 12.7. The van der Waals surface area contributed by atoms with Crippen LogP contribution in [-0.4, -0.2) is 56.8 Å². The first-order valence-electron chi connectivity index (χ1n) is 11.0. The molecule has 0 atom stereocenters. The number of hydrogen-bond acceptors (Lipinski definition) is 7. The van der Waals surface area contributed by atoms with Crippen molar-refractivity contribution in [1.29, 1.82) is 0 Å². The van der Waals surface area contributed by atoms with Crippen LogP contribution in [0.1, 0.15) is 11.1 Å². The molecule has 0 bridgehead atoms. The number of carbonyl (C=O) groups is 1. The Balaban J connectivity index is 1.31. The minimum Gasteiger partial charge on any atom is -0.353 e. The van der Waals surface area contributed by atoms with Crippen molar-refractivity contribution >= 4 is 34.3 Å². The second-order valence-corrected chi connectivity index (χ2v) is 8.21. The molecule has 4 heterocycles. The summed E-state index contributed by atoms with van der Waals surface area (Å²) in [6.45, 7) is 7.41. The minimum absolute atomic E-state index is 0.0845. The molecule has 9 heteroatoms. The molecule has 1 aliphatic heterocycles. The third kappa shape index (κ3) is 4.21. The number of nitrogens with one attached hydrogen (secondary N) is 1. The van der Waals surface area contributed by atoms with E-state index in [1.807, 2.05) is 56.4 Å². The number of pyridine rings is 1. The molecule has 4 aromatic rings. The van der Waals surface area contributed by atoms with Gasteiger partial charge < -0.3 is 15.1 Å². The average molecular weight is 443 g/mol. The van der Waals surface area contributed by atoms with Crippen LogP contribution in [0.3, 0.4) is 0 Å². The number of amides is 1. The molecule has 0 radical (unpaired) electrons. The van der Waals surface area contributed by atoms with Crippen LogP contribution >= 0.6 is 0 Å². The van der Waals surface area contributed by atoms with Crippen LogP contribution in [0.2, 0.25) is 0 Å². The van der Waals surface area contributed by atoms with Gasteiger partial charge in [0.15, 0.2) is 5.65 Å². The highest BCUT2D eigenvalue weighted by molar-refractivity contribution is 5.93. The molecule has 1 aliphatic rings. The van der Waals surface area contributed by atoms with Crippen molar-refractivity contribution in [3.8, 4) is 0 Å². The number of fused-ring (bicyclic) bond motifs is 1. The fourth-order valence-electron chi connectivity index (χ4n) is 4.26. The number of aromatic nitrogens is 5. The van der Waals surface area contributed by atoms with Crippen LogP contribution in [-0.2, 0) is 11.3 Å². The number of nitrogens with zero attached hydrogens (tertiary/aromatic N) is 7. The van der Waals surface area contributed by atoms with E-state index in [0.29, 0.717) is 5.65 Å². The van der Waals surface area contributed by atoms with Gasteiger partial charge in [-0.25, -0.2) is 19.6 Å². The molecule has 0 unspecified atom stereocenters. The third-order valence-corrected chi connectivity index (χ3v) is 6.00. The number of anilines is 3. The zero-order chi connectivity index (χ0) is 22.8. The Hall–Kier alpha value is -4.01. The lowest BCUT2D eigenvalue weighted by Gasteiger charge is -2.36. The Morgan fingerprint density at radius 3 is 2.42 bits per heavy atom. The summed E-state index contributed by atoms with van der Waals surface area (Å²) in [6, 6.07) is 11.9. The normalized spacial score (nSPS) is 14.0. The summed E-state index contributed by atoms with van der Waals surface area (Å²) >= 11 is 0. The smallest absolute Gasteiger partial charge is 0.246 e. The molecule has 1 saturated heterocycles. The van der Waals surface area contributed by atoms with E-state index >= 15 is 0 Å². The second kappa shape index (κ2) is 8.85. The highest BCUT2D eigenvalue weighted by Gasteiger charge is 2.22. The van der Waals surface area contributed by atoms with Crippen molar-refractivity contribution in [2.45, 2.75) is 20.4 Å². The van der Waals surface area contributed by atoms with Gasteiger partial charge in [0, 0.05) is 38.1 Å². The number of hydrogen-bond donors (Lipinski definition) is 1. The van der Waals surface area contributed by atoms with Crippen LogP contribution < -0.4 is 15.1 Å². The number of rotatable bonds is 5. The van der Waals surface area contributed by atoms with E-state index in [0.717, 1.165) is 60.0 Å². The summed E-state index contributed by atoms with van der Waals surface area (Å²) in [7, 11) is 0. The van der Waals surface area contributed by atoms with E-state index in [2.05, 4.69) is 35.2 Å². The van der Waals surface area contributed by atoms with Crippen molar-refractivity contribution in [3.05, 3.63) is 66.2 Å². The molecular formula is C24H26N8O. The molecular weight excluding hydrogens is 416 g/mol. The lowest BCUT2D eigenvalue weighted by molar-refractivity contribution is -0.116. The molecule has 33 heavy (non-hydrogen) atoms. The van der Waals surface area contributed by atoms with Gasteiger partial charge in [-0.3, -0.25) is 4.79 Å². The Kier molecular flexibility index (Phi) is 5.60. The van der Waals surface area contributed by atoms with Gasteiger partial charge in [-0.15, -0.1) is 0 Å². The van der Waals surface area contributed by atoms with Gasteiger partial charge in [0.25, 0.3) is 0 Å². The van der Waals surface area contributed by atoms with Crippen molar-refractivity contribution in [2.24, 2.45) is 0 Å². The number of piperazine rings is 1. The highest BCUT2D eigenvalue weighted by Crippen LogP contribution is 2.25. The highest BCUT2D eigenvalue weighted by atomic mass is 16.2. The van der Waals surface area contributed by atoms with E-state index in [9.17, 15) is 4.79 Å². The molecule has 0 spiro atoms. The quantitative estimate of drug-likeness (QED) is 0.508. The maximum Gasteiger partial charge on any atom is 0.246 e. The largest absolute Gasteiger partial charge is 0.353 e. The number of carbonyl (C=O) groups excluding carboxylic acids is 1. The van der Waals surface area contributed by atoms with E-state index in [1.165, 1.54) is 0 Å². The lowest BCUT2D eigenvalue weighted by Crippen LogP contribution is -2.47. The molecule has 1 amide bonds. The zero-order valence-electron chi connectivity index (χ0n) is 18.8. The fraction of sp³-hybridized carbons (Fsp3) is 0.292. The molecule has 9 nitrogen and oxygen atoms in total. The number of para-hydroxylation sites is 1. The van der Waals surface area contributed by atoms with E-state index in [1.54, 1.807) is 17.2 Å². The van der Waals surface area contributed by atoms with E-state index in [4.69, 9.17) is 0 Å². The standard InChI is InChI=1S/C24H26N8O/c1-17-6-5-7-18(2)22(17)29-21(33)15-32-24-19(14-28-32)23(26-16-27-24)31-12-10-30(11-13-31)20-8-3-4-9-25-20/h3-9,14,16H,10-13,15H2,1-2H3,(H,29,33). The van der Waals surface area contributed by atoms with Gasteiger partial charge in [0.05, 0.1) is 11.6 Å². The first-order valence-corrected chi connectivity index (χ1v) is 11.0. The first kappa shape index (κ1) is 20.9. The molecule has 0 saturated carbocycles. The number of aryl methyl sites for hydroxylation is 2. The van der Waals surface area contributed by atoms with Gasteiger partial charge in [0.2, 0.25) is 5.91 Å². The maximum absolute atomic E-state index is 12.7. The second-order valence-electron chi connectivity index (χ2n) is 8.21. The molecule has 3 aromatic heterocycles. The van der Waals surface area contributed by atoms with Crippen LogP contribution in [0.15, 0.2) is 55.1 Å². The van der Waals surface area contributed by atoms with E-state index < -0.39 is 0 Å². The van der Waals surface area contributed by atoms with Crippen LogP contribution in [0.4, 0.5) is 17.3 Å². The monoisotopic (exact) mass is 442 g/mol. The summed E-state index contributed by atoms with van der Waals surface area (Å²) in [5.41, 5.74) is 3.56. The van der Waals surface area contributed by atoms with Gasteiger partial charge in [-0.05, 0) is 37.1 Å². The summed E-state index contributed by atoms with van der Waals surface area (Å²) < 4.78 is 1.63. The summed E-state index contributed by atoms with van der Waals surface area (Å²) in [6.07, 6.45) is 5.12.